The monoisotopic (exact) mass is 392 g/mol. The molecule has 148 valence electrons. The third-order valence-corrected chi connectivity index (χ3v) is 7.08. The van der Waals surface area contributed by atoms with E-state index in [1.54, 1.807) is 11.3 Å². The van der Waals surface area contributed by atoms with Crippen LogP contribution in [0.4, 0.5) is 0 Å². The Bertz CT molecular complexity index is 708. The molecule has 4 heterocycles. The van der Waals surface area contributed by atoms with Gasteiger partial charge in [0, 0.05) is 51.8 Å². The number of hydrogen-bond acceptors (Lipinski definition) is 6. The van der Waals surface area contributed by atoms with Crippen LogP contribution in [0.2, 0.25) is 0 Å². The van der Waals surface area contributed by atoms with Crippen LogP contribution in [0.1, 0.15) is 30.0 Å². The largest absolute Gasteiger partial charge is 0.381 e. The summed E-state index contributed by atoms with van der Waals surface area (Å²) >= 11 is 1.65. The van der Waals surface area contributed by atoms with E-state index in [-0.39, 0.29) is 17.7 Å². The lowest BCUT2D eigenvalue weighted by Crippen LogP contribution is -2.68. The first-order chi connectivity index (χ1) is 13.0. The zero-order valence-electron chi connectivity index (χ0n) is 16.1. The minimum atomic E-state index is -0.506. The first-order valence-electron chi connectivity index (χ1n) is 9.78. The first kappa shape index (κ1) is 18.8. The average molecular weight is 393 g/mol. The van der Waals surface area contributed by atoms with Crippen molar-refractivity contribution in [2.24, 2.45) is 5.92 Å². The fraction of sp³-hybridized carbons (Fsp3) is 0.737. The third kappa shape index (κ3) is 3.50. The minimum absolute atomic E-state index is 0.00198. The van der Waals surface area contributed by atoms with Gasteiger partial charge in [-0.05, 0) is 26.2 Å². The molecule has 1 aromatic rings. The van der Waals surface area contributed by atoms with Gasteiger partial charge in [0.15, 0.2) is 0 Å². The van der Waals surface area contributed by atoms with Gasteiger partial charge in [-0.15, -0.1) is 11.3 Å². The number of likely N-dealkylation sites (N-methyl/N-ethyl adjacent to an activating group) is 1. The minimum Gasteiger partial charge on any atom is -0.381 e. The van der Waals surface area contributed by atoms with Crippen molar-refractivity contribution >= 4 is 23.2 Å². The Balaban J connectivity index is 1.49. The Hall–Kier alpha value is -1.51. The first-order valence-corrected chi connectivity index (χ1v) is 10.7. The Morgan fingerprint density at radius 2 is 2.11 bits per heavy atom. The molecule has 0 saturated carbocycles. The molecule has 3 saturated heterocycles. The Morgan fingerprint density at radius 1 is 1.33 bits per heavy atom. The molecular formula is C19H28N4O3S. The number of carbonyl (C=O) groups excluding carboxylic acids is 2. The summed E-state index contributed by atoms with van der Waals surface area (Å²) in [5.41, 5.74) is 0.531. The molecule has 3 aliphatic heterocycles. The summed E-state index contributed by atoms with van der Waals surface area (Å²) in [6.07, 6.45) is 2.20. The van der Waals surface area contributed by atoms with Gasteiger partial charge in [0.05, 0.1) is 23.2 Å². The van der Waals surface area contributed by atoms with Crippen LogP contribution in [-0.2, 0) is 20.9 Å². The molecule has 3 aliphatic rings. The van der Waals surface area contributed by atoms with E-state index in [1.807, 2.05) is 23.8 Å². The van der Waals surface area contributed by atoms with Gasteiger partial charge < -0.3 is 14.5 Å². The second-order valence-electron chi connectivity index (χ2n) is 7.92. The third-order valence-electron chi connectivity index (χ3n) is 6.26. The van der Waals surface area contributed by atoms with E-state index in [2.05, 4.69) is 15.3 Å². The molecule has 4 rings (SSSR count). The van der Waals surface area contributed by atoms with Crippen LogP contribution < -0.4 is 0 Å². The molecule has 0 radical (unpaired) electrons. The van der Waals surface area contributed by atoms with Gasteiger partial charge in [-0.1, -0.05) is 0 Å². The summed E-state index contributed by atoms with van der Waals surface area (Å²) in [5.74, 6) is 0.385. The van der Waals surface area contributed by atoms with Gasteiger partial charge in [-0.2, -0.15) is 0 Å². The van der Waals surface area contributed by atoms with Crippen molar-refractivity contribution in [2.45, 2.75) is 38.3 Å². The van der Waals surface area contributed by atoms with Gasteiger partial charge in [0.1, 0.15) is 5.54 Å². The van der Waals surface area contributed by atoms with Crippen LogP contribution >= 0.6 is 11.3 Å². The molecule has 0 bridgehead atoms. The van der Waals surface area contributed by atoms with E-state index >= 15 is 0 Å². The SMILES string of the molecule is Cc1nc(CN2CCN(C)C(=O)C23CCN(C(=O)[C@@H]2CCOC2)CC3)cs1. The zero-order chi connectivity index (χ0) is 19.0. The molecule has 0 unspecified atom stereocenters. The number of piperazine rings is 1. The van der Waals surface area contributed by atoms with E-state index in [4.69, 9.17) is 4.74 Å². The highest BCUT2D eigenvalue weighted by atomic mass is 32.1. The molecule has 7 nitrogen and oxygen atoms in total. The molecule has 0 aromatic carbocycles. The van der Waals surface area contributed by atoms with Crippen molar-refractivity contribution in [1.82, 2.24) is 19.7 Å². The Kier molecular flexibility index (Phi) is 5.22. The van der Waals surface area contributed by atoms with Crippen LogP contribution in [0.15, 0.2) is 5.38 Å². The Morgan fingerprint density at radius 3 is 2.74 bits per heavy atom. The number of aromatic nitrogens is 1. The standard InChI is InChI=1S/C19H28N4O3S/c1-14-20-16(13-27-14)11-23-9-8-21(2)18(25)19(23)4-6-22(7-5-19)17(24)15-3-10-26-12-15/h13,15H,3-12H2,1-2H3/t15-/m1/s1. The van der Waals surface area contributed by atoms with Crippen molar-refractivity contribution in [2.75, 3.05) is 46.4 Å². The van der Waals surface area contributed by atoms with E-state index in [0.29, 0.717) is 45.7 Å². The molecule has 3 fully saturated rings. The number of likely N-dealkylation sites (tertiary alicyclic amines) is 1. The van der Waals surface area contributed by atoms with Crippen LogP contribution in [0.5, 0.6) is 0 Å². The quantitative estimate of drug-likeness (QED) is 0.771. The maximum Gasteiger partial charge on any atom is 0.243 e. The summed E-state index contributed by atoms with van der Waals surface area (Å²) in [4.78, 5) is 36.6. The highest BCUT2D eigenvalue weighted by molar-refractivity contribution is 7.09. The van der Waals surface area contributed by atoms with Gasteiger partial charge in [-0.25, -0.2) is 4.98 Å². The highest BCUT2D eigenvalue weighted by Crippen LogP contribution is 2.35. The number of hydrogen-bond donors (Lipinski definition) is 0. The topological polar surface area (TPSA) is 66.0 Å². The molecule has 8 heteroatoms. The summed E-state index contributed by atoms with van der Waals surface area (Å²) in [7, 11) is 1.89. The number of amides is 2. The second kappa shape index (κ2) is 7.48. The molecule has 0 N–H and O–H groups in total. The smallest absolute Gasteiger partial charge is 0.243 e. The lowest BCUT2D eigenvalue weighted by molar-refractivity contribution is -0.158. The molecule has 27 heavy (non-hydrogen) atoms. The maximum atomic E-state index is 13.2. The number of carbonyl (C=O) groups is 2. The molecule has 0 aliphatic carbocycles. The van der Waals surface area contributed by atoms with Gasteiger partial charge in [0.25, 0.3) is 0 Å². The van der Waals surface area contributed by atoms with E-state index in [0.717, 1.165) is 30.2 Å². The summed E-state index contributed by atoms with van der Waals surface area (Å²) in [6.45, 7) is 6.80. The van der Waals surface area contributed by atoms with Crippen LogP contribution in [-0.4, -0.2) is 83.5 Å². The Labute approximate surface area is 164 Å². The van der Waals surface area contributed by atoms with Crippen molar-refractivity contribution in [1.29, 1.82) is 0 Å². The van der Waals surface area contributed by atoms with Crippen LogP contribution in [0.25, 0.3) is 0 Å². The molecule has 1 spiro atoms. The predicted molar refractivity (Wildman–Crippen MR) is 102 cm³/mol. The molecular weight excluding hydrogens is 364 g/mol. The molecule has 1 aromatic heterocycles. The van der Waals surface area contributed by atoms with E-state index < -0.39 is 5.54 Å². The van der Waals surface area contributed by atoms with Crippen molar-refractivity contribution in [3.8, 4) is 0 Å². The fourth-order valence-electron chi connectivity index (χ4n) is 4.60. The summed E-state index contributed by atoms with van der Waals surface area (Å²) in [5, 5.41) is 3.14. The normalized spacial score (nSPS) is 26.1. The zero-order valence-corrected chi connectivity index (χ0v) is 17.0. The van der Waals surface area contributed by atoms with Gasteiger partial charge >= 0.3 is 0 Å². The van der Waals surface area contributed by atoms with Crippen molar-refractivity contribution < 1.29 is 14.3 Å². The number of piperidine rings is 1. The number of thiazole rings is 1. The number of ether oxygens (including phenoxy) is 1. The van der Waals surface area contributed by atoms with E-state index in [9.17, 15) is 9.59 Å². The fourth-order valence-corrected chi connectivity index (χ4v) is 5.20. The molecule has 2 amide bonds. The van der Waals surface area contributed by atoms with Crippen molar-refractivity contribution in [3.05, 3.63) is 16.1 Å². The van der Waals surface area contributed by atoms with Crippen molar-refractivity contribution in [3.63, 3.8) is 0 Å². The second-order valence-corrected chi connectivity index (χ2v) is 8.99. The van der Waals surface area contributed by atoms with Gasteiger partial charge in [0.2, 0.25) is 11.8 Å². The number of aryl methyl sites for hydroxylation is 1. The number of rotatable bonds is 3. The average Bonchev–Trinajstić information content (AvgIpc) is 3.34. The van der Waals surface area contributed by atoms with Crippen LogP contribution in [0, 0.1) is 12.8 Å². The maximum absolute atomic E-state index is 13.2. The van der Waals surface area contributed by atoms with E-state index in [1.165, 1.54) is 0 Å². The van der Waals surface area contributed by atoms with Crippen LogP contribution in [0.3, 0.4) is 0 Å². The summed E-state index contributed by atoms with van der Waals surface area (Å²) < 4.78 is 5.37. The predicted octanol–water partition coefficient (Wildman–Crippen LogP) is 1.12. The lowest BCUT2D eigenvalue weighted by atomic mass is 9.82. The van der Waals surface area contributed by atoms with Gasteiger partial charge in [-0.3, -0.25) is 14.5 Å². The highest BCUT2D eigenvalue weighted by Gasteiger charge is 2.50. The molecule has 1 atom stereocenters. The lowest BCUT2D eigenvalue weighted by Gasteiger charge is -2.52. The summed E-state index contributed by atoms with van der Waals surface area (Å²) in [6, 6.07) is 0. The number of nitrogens with zero attached hydrogens (tertiary/aromatic N) is 4.